The van der Waals surface area contributed by atoms with Crippen LogP contribution < -0.4 is 0 Å². The third-order valence-electron chi connectivity index (χ3n) is 2.84. The summed E-state index contributed by atoms with van der Waals surface area (Å²) in [6, 6.07) is 8.92. The first-order valence-electron chi connectivity index (χ1n) is 5.89. The first-order chi connectivity index (χ1) is 8.60. The Kier molecular flexibility index (Phi) is 13.2. The van der Waals surface area contributed by atoms with Crippen LogP contribution in [0, 0.1) is 59.0 Å². The molecule has 0 aliphatic carbocycles. The molecule has 0 aromatic heterocycles. The van der Waals surface area contributed by atoms with Gasteiger partial charge in [0.1, 0.15) is 0 Å². The van der Waals surface area contributed by atoms with Crippen molar-refractivity contribution in [3.63, 3.8) is 0 Å². The first kappa shape index (κ1) is 22.4. The number of aliphatic imine (C=N–C) groups is 1. The van der Waals surface area contributed by atoms with Crippen molar-refractivity contribution in [3.05, 3.63) is 54.6 Å². The SMILES string of the molecule is C=[C-][C-](C)N(C)[C-]=Nc1ccccc1C(C)=CC.[V+2].[Yb]. The molecule has 113 valence electrons. The van der Waals surface area contributed by atoms with Gasteiger partial charge in [-0.3, -0.25) is 0 Å². The maximum Gasteiger partial charge on any atom is 2.00 e. The molecular weight excluding hydrogens is 444 g/mol. The van der Waals surface area contributed by atoms with Gasteiger partial charge in [-0.1, -0.05) is 47.4 Å². The van der Waals surface area contributed by atoms with Crippen molar-refractivity contribution in [3.8, 4) is 0 Å². The number of hydrogen-bond acceptors (Lipinski definition) is 1. The summed E-state index contributed by atoms with van der Waals surface area (Å²) in [7, 11) is 1.88. The monoisotopic (exact) mass is 464 g/mol. The molecule has 0 heterocycles. The van der Waals surface area contributed by atoms with E-state index in [9.17, 15) is 0 Å². The van der Waals surface area contributed by atoms with Crippen LogP contribution >= 0.6 is 0 Å². The number of allylic oxidation sites excluding steroid dienone is 2. The molecule has 2 nitrogen and oxygen atoms in total. The van der Waals surface area contributed by atoms with Crippen LogP contribution in [0.15, 0.2) is 41.9 Å². The molecule has 1 radical (unpaired) electrons. The summed E-state index contributed by atoms with van der Waals surface area (Å²) < 4.78 is 0. The minimum atomic E-state index is 0. The molecule has 0 bridgehead atoms. The van der Waals surface area contributed by atoms with Gasteiger partial charge >= 0.3 is 18.6 Å². The molecule has 0 unspecified atom stereocenters. The molecule has 1 rings (SSSR count). The van der Waals surface area contributed by atoms with Crippen LogP contribution in [0.25, 0.3) is 5.57 Å². The Morgan fingerprint density at radius 3 is 2.55 bits per heavy atom. The molecule has 0 fully saturated rings. The largest absolute Gasteiger partial charge is 2.00 e. The number of benzene rings is 1. The average molecular weight is 463 g/mol. The Labute approximate surface area is 173 Å². The number of para-hydroxylation sites is 1. The topological polar surface area (TPSA) is 15.6 Å². The Morgan fingerprint density at radius 2 is 2.00 bits per heavy atom. The van der Waals surface area contributed by atoms with E-state index in [0.29, 0.717) is 0 Å². The van der Waals surface area contributed by atoms with E-state index in [1.807, 2.05) is 39.1 Å². The summed E-state index contributed by atoms with van der Waals surface area (Å²) in [4.78, 5) is 6.16. The Bertz CT molecular complexity index is 469. The molecule has 0 aliphatic rings. The number of hydrogen-bond donors (Lipinski definition) is 0. The van der Waals surface area contributed by atoms with Gasteiger partial charge < -0.3 is 28.6 Å². The Balaban J connectivity index is 0. The number of likely N-dealkylation sites (N-methyl/N-ethyl adjacent to an activating group) is 1. The summed E-state index contributed by atoms with van der Waals surface area (Å²) in [5.74, 6) is 0. The Hall–Kier alpha value is 0.144. The molecule has 1 aromatic rings. The van der Waals surface area contributed by atoms with Gasteiger partial charge in [-0.15, -0.1) is 13.0 Å². The van der Waals surface area contributed by atoms with E-state index in [4.69, 9.17) is 0 Å². The fraction of sp³-hybridized carbons (Fsp3) is 0.250. The molecule has 0 amide bonds. The van der Waals surface area contributed by atoms with E-state index in [1.54, 1.807) is 4.90 Å². The molecule has 0 atom stereocenters. The van der Waals surface area contributed by atoms with Gasteiger partial charge in [0.15, 0.2) is 0 Å². The zero-order valence-corrected chi connectivity index (χ0v) is 15.3. The van der Waals surface area contributed by atoms with Crippen LogP contribution in [0.4, 0.5) is 5.69 Å². The van der Waals surface area contributed by atoms with Crippen molar-refractivity contribution < 1.29 is 65.5 Å². The first-order valence-corrected chi connectivity index (χ1v) is 5.89. The molecule has 0 saturated heterocycles. The predicted molar refractivity (Wildman–Crippen MR) is 78.4 cm³/mol. The van der Waals surface area contributed by atoms with E-state index >= 15 is 0 Å². The fourth-order valence-corrected chi connectivity index (χ4v) is 1.38. The molecule has 1 aromatic carbocycles. The van der Waals surface area contributed by atoms with Crippen molar-refractivity contribution in [2.45, 2.75) is 20.8 Å². The summed E-state index contributed by atoms with van der Waals surface area (Å²) in [6.45, 7) is 9.62. The average Bonchev–Trinajstić information content (AvgIpc) is 2.43. The van der Waals surface area contributed by atoms with Gasteiger partial charge in [0.05, 0.1) is 0 Å². The van der Waals surface area contributed by atoms with Crippen LogP contribution in [0.5, 0.6) is 0 Å². The summed E-state index contributed by atoms with van der Waals surface area (Å²) in [5.41, 5.74) is 3.24. The fourth-order valence-electron chi connectivity index (χ4n) is 1.38. The van der Waals surface area contributed by atoms with Gasteiger partial charge in [-0.05, 0) is 20.9 Å². The summed E-state index contributed by atoms with van der Waals surface area (Å²) in [6.07, 6.45) is 7.85. The molecule has 0 aliphatic heterocycles. The second-order valence-corrected chi connectivity index (χ2v) is 4.02. The smallest absolute Gasteiger partial charge is 0.670 e. The van der Waals surface area contributed by atoms with Gasteiger partial charge in [-0.2, -0.15) is 0 Å². The quantitative estimate of drug-likeness (QED) is 0.278. The minimum Gasteiger partial charge on any atom is -0.670 e. The van der Waals surface area contributed by atoms with Crippen LogP contribution in [0.3, 0.4) is 0 Å². The molecule has 0 spiro atoms. The van der Waals surface area contributed by atoms with E-state index in [-0.39, 0.29) is 65.5 Å². The standard InChI is InChI=1S/C16H19N2.V.Yb/c1-6-13(3)15-10-8-9-11-16(15)17-12-18(5)14(4)7-2;;/h6,8-11H,2H2,1,3-5H3;;/q-3;+2;. The minimum absolute atomic E-state index is 0. The maximum absolute atomic E-state index is 4.39. The van der Waals surface area contributed by atoms with Crippen LogP contribution in [-0.4, -0.2) is 18.3 Å². The van der Waals surface area contributed by atoms with Gasteiger partial charge in [0.25, 0.3) is 0 Å². The molecule has 0 saturated carbocycles. The number of nitrogens with zero attached hydrogens (tertiary/aromatic N) is 2. The summed E-state index contributed by atoms with van der Waals surface area (Å²) in [5, 5.41) is 0. The third-order valence-corrected chi connectivity index (χ3v) is 2.84. The molecular formula is C16H19N2VYb-. The zero-order valence-electron chi connectivity index (χ0n) is 12.2. The summed E-state index contributed by atoms with van der Waals surface area (Å²) >= 11 is 0. The maximum atomic E-state index is 4.39. The van der Waals surface area contributed by atoms with Crippen molar-refractivity contribution in [1.29, 1.82) is 0 Å². The normalized spacial score (nSPS) is 10.5. The van der Waals surface area contributed by atoms with Crippen molar-refractivity contribution >= 4 is 17.6 Å². The van der Waals surface area contributed by atoms with E-state index < -0.39 is 0 Å². The van der Waals surface area contributed by atoms with Crippen LogP contribution in [0.2, 0.25) is 0 Å². The third kappa shape index (κ3) is 6.73. The molecule has 0 N–H and O–H groups in total. The van der Waals surface area contributed by atoms with Gasteiger partial charge in [0, 0.05) is 46.9 Å². The van der Waals surface area contributed by atoms with E-state index in [0.717, 1.165) is 17.3 Å². The predicted octanol–water partition coefficient (Wildman–Crippen LogP) is 4.12. The zero-order chi connectivity index (χ0) is 13.5. The number of rotatable bonds is 5. The Morgan fingerprint density at radius 1 is 1.40 bits per heavy atom. The van der Waals surface area contributed by atoms with Crippen LogP contribution in [-0.2, 0) is 18.6 Å². The van der Waals surface area contributed by atoms with Crippen molar-refractivity contribution in [1.82, 2.24) is 4.90 Å². The van der Waals surface area contributed by atoms with Gasteiger partial charge in [0.2, 0.25) is 0 Å². The molecule has 20 heavy (non-hydrogen) atoms. The second kappa shape index (κ2) is 11.8. The molecule has 4 heteroatoms. The second-order valence-electron chi connectivity index (χ2n) is 4.02. The van der Waals surface area contributed by atoms with Crippen molar-refractivity contribution in [2.75, 3.05) is 7.05 Å². The van der Waals surface area contributed by atoms with Gasteiger partial charge in [-0.25, -0.2) is 0 Å². The van der Waals surface area contributed by atoms with Crippen LogP contribution in [0.1, 0.15) is 26.3 Å². The van der Waals surface area contributed by atoms with E-state index in [1.165, 1.54) is 5.57 Å². The van der Waals surface area contributed by atoms with E-state index in [2.05, 4.69) is 43.1 Å². The van der Waals surface area contributed by atoms with Crippen molar-refractivity contribution in [2.24, 2.45) is 4.99 Å².